The number of carbonyl (C=O) groups excluding carboxylic acids is 1. The number of hydrogen-bond donors (Lipinski definition) is 1. The van der Waals surface area contributed by atoms with Crippen LogP contribution in [0.5, 0.6) is 0 Å². The van der Waals surface area contributed by atoms with Crippen molar-refractivity contribution in [2.45, 2.75) is 11.9 Å². The number of carbonyl (C=O) groups is 1. The number of fused-ring (bicyclic) bond motifs is 1. The van der Waals surface area contributed by atoms with Gasteiger partial charge in [0.25, 0.3) is 0 Å². The minimum Gasteiger partial charge on any atom is -0.325 e. The molecule has 2 aromatic carbocycles. The number of hydrogen-bond acceptors (Lipinski definition) is 4. The summed E-state index contributed by atoms with van der Waals surface area (Å²) in [5, 5.41) is 13.6. The van der Waals surface area contributed by atoms with E-state index in [1.54, 1.807) is 24.3 Å². The lowest BCUT2D eigenvalue weighted by molar-refractivity contribution is -0.113. The smallest absolute Gasteiger partial charge is 0.234 e. The average molecular weight is 333 g/mol. The third kappa shape index (κ3) is 3.73. The molecule has 1 aromatic heterocycles. The molecular weight excluding hydrogens is 318 g/mol. The Morgan fingerprint density at radius 2 is 2.04 bits per heavy atom. The predicted octanol–water partition coefficient (Wildman–Crippen LogP) is 4.15. The first kappa shape index (κ1) is 16.0. The SMILES string of the molecule is Cc1cc(SCC(=O)Nc2cccc(C#N)c2)nc2ccccc12. The molecule has 0 atom stereocenters. The molecule has 5 heteroatoms. The van der Waals surface area contributed by atoms with E-state index < -0.39 is 0 Å². The van der Waals surface area contributed by atoms with Gasteiger partial charge in [0.05, 0.1) is 27.9 Å². The van der Waals surface area contributed by atoms with E-state index in [0.717, 1.165) is 21.5 Å². The first-order valence-electron chi connectivity index (χ1n) is 7.45. The monoisotopic (exact) mass is 333 g/mol. The minimum absolute atomic E-state index is 0.122. The van der Waals surface area contributed by atoms with Crippen molar-refractivity contribution >= 4 is 34.3 Å². The van der Waals surface area contributed by atoms with E-state index in [2.05, 4.69) is 16.4 Å². The first-order valence-corrected chi connectivity index (χ1v) is 8.43. The number of anilines is 1. The summed E-state index contributed by atoms with van der Waals surface area (Å²) >= 11 is 1.40. The van der Waals surface area contributed by atoms with Crippen molar-refractivity contribution in [3.8, 4) is 6.07 Å². The maximum absolute atomic E-state index is 12.1. The Morgan fingerprint density at radius 3 is 2.88 bits per heavy atom. The number of aromatic nitrogens is 1. The molecule has 1 heterocycles. The summed E-state index contributed by atoms with van der Waals surface area (Å²) in [7, 11) is 0. The lowest BCUT2D eigenvalue weighted by Gasteiger charge is -2.07. The molecule has 0 spiro atoms. The highest BCUT2D eigenvalue weighted by Gasteiger charge is 2.07. The van der Waals surface area contributed by atoms with Crippen molar-refractivity contribution in [1.82, 2.24) is 4.98 Å². The molecule has 1 amide bonds. The number of nitrogens with one attached hydrogen (secondary N) is 1. The Morgan fingerprint density at radius 1 is 1.21 bits per heavy atom. The van der Waals surface area contributed by atoms with Crippen LogP contribution in [0.15, 0.2) is 59.6 Å². The maximum Gasteiger partial charge on any atom is 0.234 e. The van der Waals surface area contributed by atoms with Crippen LogP contribution in [0, 0.1) is 18.3 Å². The number of nitrogens with zero attached hydrogens (tertiary/aromatic N) is 2. The second kappa shape index (κ2) is 7.16. The molecule has 0 aliphatic carbocycles. The summed E-state index contributed by atoms with van der Waals surface area (Å²) in [6.45, 7) is 2.04. The Labute approximate surface area is 144 Å². The van der Waals surface area contributed by atoms with Crippen LogP contribution in [-0.4, -0.2) is 16.6 Å². The summed E-state index contributed by atoms with van der Waals surface area (Å²) in [5.41, 5.74) is 3.22. The fraction of sp³-hybridized carbons (Fsp3) is 0.105. The van der Waals surface area contributed by atoms with Gasteiger partial charge in [-0.25, -0.2) is 4.98 Å². The largest absolute Gasteiger partial charge is 0.325 e. The lowest BCUT2D eigenvalue weighted by Crippen LogP contribution is -2.14. The summed E-state index contributed by atoms with van der Waals surface area (Å²) in [6.07, 6.45) is 0. The molecule has 0 bridgehead atoms. The van der Waals surface area contributed by atoms with Crippen LogP contribution in [0.1, 0.15) is 11.1 Å². The van der Waals surface area contributed by atoms with Gasteiger partial charge in [0.15, 0.2) is 0 Å². The van der Waals surface area contributed by atoms with Crippen molar-refractivity contribution in [2.24, 2.45) is 0 Å². The quantitative estimate of drug-likeness (QED) is 0.729. The molecule has 0 saturated carbocycles. The van der Waals surface area contributed by atoms with E-state index in [0.29, 0.717) is 11.3 Å². The fourth-order valence-corrected chi connectivity index (χ4v) is 3.17. The van der Waals surface area contributed by atoms with E-state index in [4.69, 9.17) is 5.26 Å². The van der Waals surface area contributed by atoms with Gasteiger partial charge in [-0.3, -0.25) is 4.79 Å². The molecule has 118 valence electrons. The number of thioether (sulfide) groups is 1. The van der Waals surface area contributed by atoms with Crippen LogP contribution < -0.4 is 5.32 Å². The number of amides is 1. The van der Waals surface area contributed by atoms with Gasteiger partial charge in [-0.05, 0) is 42.8 Å². The van der Waals surface area contributed by atoms with Crippen molar-refractivity contribution < 1.29 is 4.79 Å². The molecule has 3 aromatic rings. The molecule has 0 radical (unpaired) electrons. The number of aryl methyl sites for hydroxylation is 1. The van der Waals surface area contributed by atoms with Crippen LogP contribution in [-0.2, 0) is 4.79 Å². The number of nitriles is 1. The summed E-state index contributed by atoms with van der Waals surface area (Å²) in [5.74, 6) is 0.143. The third-order valence-corrected chi connectivity index (χ3v) is 4.44. The van der Waals surface area contributed by atoms with E-state index in [9.17, 15) is 4.79 Å². The van der Waals surface area contributed by atoms with E-state index >= 15 is 0 Å². The Hall–Kier alpha value is -2.84. The third-order valence-electron chi connectivity index (χ3n) is 3.53. The standard InChI is InChI=1S/C19H15N3OS/c1-13-9-19(22-17-8-3-2-7-16(13)17)24-12-18(23)21-15-6-4-5-14(10-15)11-20/h2-10H,12H2,1H3,(H,21,23). The van der Waals surface area contributed by atoms with Gasteiger partial charge >= 0.3 is 0 Å². The van der Waals surface area contributed by atoms with Crippen LogP contribution >= 0.6 is 11.8 Å². The second-order valence-electron chi connectivity index (χ2n) is 5.32. The summed E-state index contributed by atoms with van der Waals surface area (Å²) in [6, 6.07) is 18.9. The van der Waals surface area contributed by atoms with Crippen molar-refractivity contribution in [2.75, 3.05) is 11.1 Å². The molecule has 3 rings (SSSR count). The molecule has 0 aliphatic heterocycles. The zero-order chi connectivity index (χ0) is 16.9. The number of rotatable bonds is 4. The van der Waals surface area contributed by atoms with Gasteiger partial charge in [0, 0.05) is 11.1 Å². The van der Waals surface area contributed by atoms with E-state index in [-0.39, 0.29) is 11.7 Å². The van der Waals surface area contributed by atoms with Gasteiger partial charge in [-0.15, -0.1) is 0 Å². The van der Waals surface area contributed by atoms with Crippen LogP contribution in [0.25, 0.3) is 10.9 Å². The second-order valence-corrected chi connectivity index (χ2v) is 6.32. The Balaban J connectivity index is 1.67. The van der Waals surface area contributed by atoms with Gasteiger partial charge in [0.1, 0.15) is 0 Å². The summed E-state index contributed by atoms with van der Waals surface area (Å²) < 4.78 is 0. The van der Waals surface area contributed by atoms with Gasteiger partial charge in [-0.2, -0.15) is 5.26 Å². The molecule has 24 heavy (non-hydrogen) atoms. The van der Waals surface area contributed by atoms with E-state index in [1.165, 1.54) is 11.8 Å². The molecule has 0 saturated heterocycles. The number of benzene rings is 2. The first-order chi connectivity index (χ1) is 11.7. The van der Waals surface area contributed by atoms with Crippen LogP contribution in [0.4, 0.5) is 5.69 Å². The topological polar surface area (TPSA) is 65.8 Å². The highest BCUT2D eigenvalue weighted by Crippen LogP contribution is 2.23. The molecule has 4 nitrogen and oxygen atoms in total. The fourth-order valence-electron chi connectivity index (χ4n) is 2.40. The molecule has 0 aliphatic rings. The maximum atomic E-state index is 12.1. The van der Waals surface area contributed by atoms with Gasteiger partial charge < -0.3 is 5.32 Å². The molecular formula is C19H15N3OS. The predicted molar refractivity (Wildman–Crippen MR) is 97.0 cm³/mol. The van der Waals surface area contributed by atoms with Crippen molar-refractivity contribution in [3.63, 3.8) is 0 Å². The molecule has 0 unspecified atom stereocenters. The minimum atomic E-state index is -0.122. The average Bonchev–Trinajstić information content (AvgIpc) is 2.60. The highest BCUT2D eigenvalue weighted by atomic mass is 32.2. The zero-order valence-corrected chi connectivity index (χ0v) is 13.9. The molecule has 0 fully saturated rings. The Kier molecular flexibility index (Phi) is 4.78. The van der Waals surface area contributed by atoms with Gasteiger partial charge in [-0.1, -0.05) is 36.0 Å². The van der Waals surface area contributed by atoms with Gasteiger partial charge in [0.2, 0.25) is 5.91 Å². The summed E-state index contributed by atoms with van der Waals surface area (Å²) in [4.78, 5) is 16.7. The van der Waals surface area contributed by atoms with Crippen LogP contribution in [0.2, 0.25) is 0 Å². The normalized spacial score (nSPS) is 10.3. The zero-order valence-electron chi connectivity index (χ0n) is 13.1. The van der Waals surface area contributed by atoms with E-state index in [1.807, 2.05) is 37.3 Å². The molecule has 1 N–H and O–H groups in total. The van der Waals surface area contributed by atoms with Crippen molar-refractivity contribution in [3.05, 3.63) is 65.7 Å². The van der Waals surface area contributed by atoms with Crippen molar-refractivity contribution in [1.29, 1.82) is 5.26 Å². The highest BCUT2D eigenvalue weighted by molar-refractivity contribution is 7.99. The lowest BCUT2D eigenvalue weighted by atomic mass is 10.1. The van der Waals surface area contributed by atoms with Crippen LogP contribution in [0.3, 0.4) is 0 Å². The number of para-hydroxylation sites is 1. The number of pyridine rings is 1. The Bertz CT molecular complexity index is 947.